The van der Waals surface area contributed by atoms with E-state index in [-0.39, 0.29) is 11.1 Å². The van der Waals surface area contributed by atoms with Gasteiger partial charge in [0.1, 0.15) is 5.60 Å². The molecule has 0 bridgehead atoms. The van der Waals surface area contributed by atoms with Crippen LogP contribution in [-0.4, -0.2) is 49.5 Å². The molecule has 0 aliphatic carbocycles. The predicted octanol–water partition coefficient (Wildman–Crippen LogP) is 0.329. The molecule has 2 N–H and O–H groups in total. The highest BCUT2D eigenvalue weighted by Crippen LogP contribution is 2.21. The third-order valence-electron chi connectivity index (χ3n) is 3.30. The number of carbonyl (C=O) groups excluding carboxylic acids is 1. The molecule has 1 saturated heterocycles. The standard InChI is InChI=1S/C12H19NO5/c1-8(9(2)11(15)16)10(14)13-6-12(17-3)4-5-18-7-12/h4-7H2,1-3H3,(H,13,14)(H,15,16). The molecule has 1 aliphatic rings. The lowest BCUT2D eigenvalue weighted by atomic mass is 10.0. The highest BCUT2D eigenvalue weighted by atomic mass is 16.5. The zero-order chi connectivity index (χ0) is 13.8. The van der Waals surface area contributed by atoms with E-state index in [2.05, 4.69) is 5.32 Å². The van der Waals surface area contributed by atoms with Crippen LogP contribution in [0.4, 0.5) is 0 Å². The lowest BCUT2D eigenvalue weighted by Gasteiger charge is -2.26. The van der Waals surface area contributed by atoms with Gasteiger partial charge in [0.2, 0.25) is 5.91 Å². The Balaban J connectivity index is 2.61. The van der Waals surface area contributed by atoms with Crippen LogP contribution in [0, 0.1) is 0 Å². The second-order valence-corrected chi connectivity index (χ2v) is 4.43. The summed E-state index contributed by atoms with van der Waals surface area (Å²) in [5.74, 6) is -1.48. The van der Waals surface area contributed by atoms with Crippen molar-refractivity contribution in [2.75, 3.05) is 26.9 Å². The van der Waals surface area contributed by atoms with E-state index in [1.54, 1.807) is 7.11 Å². The summed E-state index contributed by atoms with van der Waals surface area (Å²) in [6, 6.07) is 0. The molecule has 102 valence electrons. The van der Waals surface area contributed by atoms with E-state index in [1.807, 2.05) is 0 Å². The first kappa shape index (κ1) is 14.7. The minimum Gasteiger partial charge on any atom is -0.478 e. The molecular formula is C12H19NO5. The number of hydrogen-bond acceptors (Lipinski definition) is 4. The minimum absolute atomic E-state index is 0.0432. The number of aliphatic carboxylic acids is 1. The topological polar surface area (TPSA) is 84.9 Å². The molecule has 0 saturated carbocycles. The lowest BCUT2D eigenvalue weighted by molar-refractivity contribution is -0.133. The van der Waals surface area contributed by atoms with Gasteiger partial charge in [-0.3, -0.25) is 4.79 Å². The van der Waals surface area contributed by atoms with Gasteiger partial charge in [0.15, 0.2) is 0 Å². The molecule has 1 amide bonds. The SMILES string of the molecule is COC1(CNC(=O)C(C)=C(C)C(=O)O)CCOC1. The average Bonchev–Trinajstić information content (AvgIpc) is 2.83. The third kappa shape index (κ3) is 3.30. The Morgan fingerprint density at radius 1 is 1.39 bits per heavy atom. The summed E-state index contributed by atoms with van der Waals surface area (Å²) in [5.41, 5.74) is -0.248. The Morgan fingerprint density at radius 2 is 2.06 bits per heavy atom. The second kappa shape index (κ2) is 5.97. The Kier molecular flexibility index (Phi) is 4.86. The zero-order valence-electron chi connectivity index (χ0n) is 10.9. The summed E-state index contributed by atoms with van der Waals surface area (Å²) in [7, 11) is 1.58. The molecule has 1 aliphatic heterocycles. The van der Waals surface area contributed by atoms with Gasteiger partial charge in [0.25, 0.3) is 0 Å². The maximum Gasteiger partial charge on any atom is 0.331 e. The van der Waals surface area contributed by atoms with E-state index in [1.165, 1.54) is 13.8 Å². The highest BCUT2D eigenvalue weighted by molar-refractivity contribution is 6.01. The molecule has 6 nitrogen and oxygen atoms in total. The smallest absolute Gasteiger partial charge is 0.331 e. The van der Waals surface area contributed by atoms with Crippen LogP contribution in [0.3, 0.4) is 0 Å². The highest BCUT2D eigenvalue weighted by Gasteiger charge is 2.35. The largest absolute Gasteiger partial charge is 0.478 e. The second-order valence-electron chi connectivity index (χ2n) is 4.43. The van der Waals surface area contributed by atoms with Gasteiger partial charge in [-0.05, 0) is 13.8 Å². The number of carboxylic acids is 1. The third-order valence-corrected chi connectivity index (χ3v) is 3.30. The summed E-state index contributed by atoms with van der Waals surface area (Å²) >= 11 is 0. The van der Waals surface area contributed by atoms with Crippen LogP contribution in [0.15, 0.2) is 11.1 Å². The number of carbonyl (C=O) groups is 2. The molecule has 0 radical (unpaired) electrons. The van der Waals surface area contributed by atoms with Crippen LogP contribution in [0.25, 0.3) is 0 Å². The van der Waals surface area contributed by atoms with Crippen LogP contribution in [0.1, 0.15) is 20.3 Å². The average molecular weight is 257 g/mol. The molecule has 1 fully saturated rings. The first-order valence-electron chi connectivity index (χ1n) is 5.74. The van der Waals surface area contributed by atoms with Crippen LogP contribution in [0.5, 0.6) is 0 Å². The van der Waals surface area contributed by atoms with Crippen molar-refractivity contribution in [2.45, 2.75) is 25.9 Å². The molecular weight excluding hydrogens is 238 g/mol. The molecule has 6 heteroatoms. The molecule has 1 unspecified atom stereocenters. The van der Waals surface area contributed by atoms with E-state index in [9.17, 15) is 9.59 Å². The molecule has 1 atom stereocenters. The Bertz CT molecular complexity index is 369. The van der Waals surface area contributed by atoms with Gasteiger partial charge in [-0.2, -0.15) is 0 Å². The zero-order valence-corrected chi connectivity index (χ0v) is 10.9. The van der Waals surface area contributed by atoms with Crippen molar-refractivity contribution in [1.29, 1.82) is 0 Å². The summed E-state index contributed by atoms with van der Waals surface area (Å²) in [4.78, 5) is 22.5. The molecule has 0 aromatic rings. The van der Waals surface area contributed by atoms with Crippen molar-refractivity contribution in [3.63, 3.8) is 0 Å². The van der Waals surface area contributed by atoms with Crippen LogP contribution in [0.2, 0.25) is 0 Å². The monoisotopic (exact) mass is 257 g/mol. The fraction of sp³-hybridized carbons (Fsp3) is 0.667. The summed E-state index contributed by atoms with van der Waals surface area (Å²) in [6.45, 7) is 4.25. The number of hydrogen-bond donors (Lipinski definition) is 2. The van der Waals surface area contributed by atoms with Crippen molar-refractivity contribution in [1.82, 2.24) is 5.32 Å². The van der Waals surface area contributed by atoms with Gasteiger partial charge in [-0.25, -0.2) is 4.79 Å². The van der Waals surface area contributed by atoms with Crippen LogP contribution in [-0.2, 0) is 19.1 Å². The van der Waals surface area contributed by atoms with Crippen molar-refractivity contribution >= 4 is 11.9 Å². The lowest BCUT2D eigenvalue weighted by Crippen LogP contribution is -2.45. The minimum atomic E-state index is -1.09. The van der Waals surface area contributed by atoms with Crippen molar-refractivity contribution in [3.8, 4) is 0 Å². The number of nitrogens with one attached hydrogen (secondary N) is 1. The van der Waals surface area contributed by atoms with E-state index < -0.39 is 17.5 Å². The van der Waals surface area contributed by atoms with E-state index in [0.717, 1.165) is 0 Å². The molecule has 18 heavy (non-hydrogen) atoms. The molecule has 1 heterocycles. The molecule has 1 rings (SSSR count). The fourth-order valence-electron chi connectivity index (χ4n) is 1.67. The van der Waals surface area contributed by atoms with Crippen LogP contribution < -0.4 is 5.32 Å². The van der Waals surface area contributed by atoms with Crippen molar-refractivity contribution in [3.05, 3.63) is 11.1 Å². The van der Waals surface area contributed by atoms with Gasteiger partial charge in [0, 0.05) is 37.8 Å². The number of rotatable bonds is 5. The van der Waals surface area contributed by atoms with Crippen molar-refractivity contribution in [2.24, 2.45) is 0 Å². The molecule has 0 spiro atoms. The van der Waals surface area contributed by atoms with Crippen molar-refractivity contribution < 1.29 is 24.2 Å². The quantitative estimate of drug-likeness (QED) is 0.693. The van der Waals surface area contributed by atoms with E-state index in [0.29, 0.717) is 26.2 Å². The number of carboxylic acid groups (broad SMARTS) is 1. The number of ether oxygens (including phenoxy) is 2. The molecule has 0 aromatic heterocycles. The fourth-order valence-corrected chi connectivity index (χ4v) is 1.67. The van der Waals surface area contributed by atoms with E-state index in [4.69, 9.17) is 14.6 Å². The van der Waals surface area contributed by atoms with Gasteiger partial charge >= 0.3 is 5.97 Å². The normalized spacial score (nSPS) is 24.6. The van der Waals surface area contributed by atoms with Gasteiger partial charge < -0.3 is 19.9 Å². The first-order chi connectivity index (χ1) is 8.42. The summed E-state index contributed by atoms with van der Waals surface area (Å²) in [5, 5.41) is 11.5. The Morgan fingerprint density at radius 3 is 2.50 bits per heavy atom. The Labute approximate surface area is 106 Å². The van der Waals surface area contributed by atoms with Gasteiger partial charge in [-0.1, -0.05) is 0 Å². The maximum absolute atomic E-state index is 11.8. The van der Waals surface area contributed by atoms with E-state index >= 15 is 0 Å². The van der Waals surface area contributed by atoms with Gasteiger partial charge in [0.05, 0.1) is 6.61 Å². The summed E-state index contributed by atoms with van der Waals surface area (Å²) < 4.78 is 10.6. The predicted molar refractivity (Wildman–Crippen MR) is 64.2 cm³/mol. The Hall–Kier alpha value is -1.40. The molecule has 0 aromatic carbocycles. The number of amides is 1. The maximum atomic E-state index is 11.8. The first-order valence-corrected chi connectivity index (χ1v) is 5.74. The van der Waals surface area contributed by atoms with Crippen LogP contribution >= 0.6 is 0 Å². The number of methoxy groups -OCH3 is 1. The summed E-state index contributed by atoms with van der Waals surface area (Å²) in [6.07, 6.45) is 0.713. The van der Waals surface area contributed by atoms with Gasteiger partial charge in [-0.15, -0.1) is 0 Å².